The molecule has 0 aromatic heterocycles. The molecule has 17 heavy (non-hydrogen) atoms. The Bertz CT molecular complexity index is 418. The predicted molar refractivity (Wildman–Crippen MR) is 69.9 cm³/mol. The van der Waals surface area contributed by atoms with Gasteiger partial charge in [0.2, 0.25) is 0 Å². The van der Waals surface area contributed by atoms with Crippen LogP contribution in [0.15, 0.2) is 28.7 Å². The van der Waals surface area contributed by atoms with Crippen molar-refractivity contribution in [2.75, 3.05) is 6.54 Å². The van der Waals surface area contributed by atoms with Crippen molar-refractivity contribution in [3.63, 3.8) is 0 Å². The maximum Gasteiger partial charge on any atom is 0.317 e. The molecule has 1 aliphatic carbocycles. The summed E-state index contributed by atoms with van der Waals surface area (Å²) in [6.07, 6.45) is 2.23. The van der Waals surface area contributed by atoms with Gasteiger partial charge in [-0.3, -0.25) is 9.69 Å². The molecule has 3 nitrogen and oxygen atoms in total. The zero-order chi connectivity index (χ0) is 12.4. The molecule has 1 aromatic rings. The number of aliphatic carboxylic acids is 1. The number of hydrogen-bond donors (Lipinski definition) is 1. The Labute approximate surface area is 110 Å². The average molecular weight is 298 g/mol. The predicted octanol–water partition coefficient (Wildman–Crippen LogP) is 3.06. The molecule has 0 heterocycles. The van der Waals surface area contributed by atoms with Crippen molar-refractivity contribution in [3.05, 3.63) is 34.3 Å². The van der Waals surface area contributed by atoms with Gasteiger partial charge < -0.3 is 5.11 Å². The van der Waals surface area contributed by atoms with E-state index in [1.165, 1.54) is 0 Å². The second-order valence-electron chi connectivity index (χ2n) is 4.53. The molecule has 0 saturated heterocycles. The third-order valence-electron chi connectivity index (χ3n) is 3.16. The van der Waals surface area contributed by atoms with E-state index in [-0.39, 0.29) is 12.6 Å². The van der Waals surface area contributed by atoms with Crippen LogP contribution in [0.2, 0.25) is 0 Å². The fourth-order valence-electron chi connectivity index (χ4n) is 2.10. The summed E-state index contributed by atoms with van der Waals surface area (Å²) in [6.45, 7) is 2.20. The van der Waals surface area contributed by atoms with Crippen LogP contribution in [0.1, 0.15) is 31.4 Å². The first-order valence-corrected chi connectivity index (χ1v) is 6.60. The molecule has 0 aliphatic heterocycles. The molecular formula is C13H16BrNO2. The highest BCUT2D eigenvalue weighted by Crippen LogP contribution is 2.34. The van der Waals surface area contributed by atoms with Gasteiger partial charge in [-0.2, -0.15) is 0 Å². The number of halogens is 1. The van der Waals surface area contributed by atoms with Crippen molar-refractivity contribution in [3.8, 4) is 0 Å². The number of carboxylic acids is 1. The van der Waals surface area contributed by atoms with Crippen LogP contribution in [0.25, 0.3) is 0 Å². The van der Waals surface area contributed by atoms with E-state index in [0.717, 1.165) is 22.9 Å². The summed E-state index contributed by atoms with van der Waals surface area (Å²) in [4.78, 5) is 13.0. The largest absolute Gasteiger partial charge is 0.480 e. The van der Waals surface area contributed by atoms with E-state index >= 15 is 0 Å². The lowest BCUT2D eigenvalue weighted by Crippen LogP contribution is -2.34. The summed E-state index contributed by atoms with van der Waals surface area (Å²) >= 11 is 3.45. The first-order valence-electron chi connectivity index (χ1n) is 5.81. The molecule has 0 amide bonds. The van der Waals surface area contributed by atoms with Gasteiger partial charge in [0.05, 0.1) is 6.54 Å². The van der Waals surface area contributed by atoms with E-state index in [0.29, 0.717) is 6.04 Å². The summed E-state index contributed by atoms with van der Waals surface area (Å²) in [5.74, 6) is -0.751. The highest BCUT2D eigenvalue weighted by molar-refractivity contribution is 9.10. The summed E-state index contributed by atoms with van der Waals surface area (Å²) < 4.78 is 1.04. The molecule has 1 saturated carbocycles. The maximum absolute atomic E-state index is 10.9. The van der Waals surface area contributed by atoms with Crippen LogP contribution in [0.4, 0.5) is 0 Å². The number of nitrogens with zero attached hydrogens (tertiary/aromatic N) is 1. The lowest BCUT2D eigenvalue weighted by molar-refractivity contribution is -0.139. The van der Waals surface area contributed by atoms with Crippen molar-refractivity contribution in [1.29, 1.82) is 0 Å². The fraction of sp³-hybridized carbons (Fsp3) is 0.462. The van der Waals surface area contributed by atoms with Gasteiger partial charge in [0.1, 0.15) is 0 Å². The normalized spacial score (nSPS) is 17.1. The van der Waals surface area contributed by atoms with Crippen LogP contribution in [-0.2, 0) is 4.79 Å². The highest BCUT2D eigenvalue weighted by Gasteiger charge is 2.33. The van der Waals surface area contributed by atoms with Crippen molar-refractivity contribution >= 4 is 21.9 Å². The topological polar surface area (TPSA) is 40.5 Å². The minimum absolute atomic E-state index is 0.123. The van der Waals surface area contributed by atoms with Crippen LogP contribution < -0.4 is 0 Å². The molecule has 1 unspecified atom stereocenters. The van der Waals surface area contributed by atoms with E-state index in [1.54, 1.807) is 0 Å². The summed E-state index contributed by atoms with van der Waals surface area (Å²) in [5, 5.41) is 8.96. The summed E-state index contributed by atoms with van der Waals surface area (Å²) in [5.41, 5.74) is 1.16. The molecule has 1 atom stereocenters. The molecule has 4 heteroatoms. The summed E-state index contributed by atoms with van der Waals surface area (Å²) in [6, 6.07) is 8.67. The SMILES string of the molecule is CC(c1cccc(Br)c1)N(CC(=O)O)C1CC1. The molecule has 1 fully saturated rings. The molecule has 0 spiro atoms. The lowest BCUT2D eigenvalue weighted by atomic mass is 10.1. The lowest BCUT2D eigenvalue weighted by Gasteiger charge is -2.27. The fourth-order valence-corrected chi connectivity index (χ4v) is 2.52. The number of rotatable bonds is 5. The van der Waals surface area contributed by atoms with Crippen molar-refractivity contribution in [2.45, 2.75) is 31.8 Å². The van der Waals surface area contributed by atoms with Crippen molar-refractivity contribution in [1.82, 2.24) is 4.90 Å². The minimum atomic E-state index is -0.751. The minimum Gasteiger partial charge on any atom is -0.480 e. The first kappa shape index (κ1) is 12.6. The van der Waals surface area contributed by atoms with Crippen LogP contribution in [0, 0.1) is 0 Å². The Hall–Kier alpha value is -0.870. The monoisotopic (exact) mass is 297 g/mol. The molecular weight excluding hydrogens is 282 g/mol. The van der Waals surface area contributed by atoms with Crippen LogP contribution in [0.3, 0.4) is 0 Å². The first-order chi connectivity index (χ1) is 8.08. The molecule has 1 aromatic carbocycles. The van der Waals surface area contributed by atoms with E-state index in [1.807, 2.05) is 18.2 Å². The van der Waals surface area contributed by atoms with E-state index in [4.69, 9.17) is 5.11 Å². The zero-order valence-corrected chi connectivity index (χ0v) is 11.4. The standard InChI is InChI=1S/C13H16BrNO2/c1-9(10-3-2-4-11(14)7-10)15(8-13(16)17)12-5-6-12/h2-4,7,9,12H,5-6,8H2,1H3,(H,16,17). The van der Waals surface area contributed by atoms with Crippen LogP contribution in [-0.4, -0.2) is 28.6 Å². The third kappa shape index (κ3) is 3.30. The van der Waals surface area contributed by atoms with Gasteiger partial charge in [-0.05, 0) is 37.5 Å². The maximum atomic E-state index is 10.9. The quantitative estimate of drug-likeness (QED) is 0.908. The van der Waals surface area contributed by atoms with E-state index in [9.17, 15) is 4.79 Å². The average Bonchev–Trinajstić information content (AvgIpc) is 3.08. The van der Waals surface area contributed by atoms with Gasteiger partial charge in [-0.15, -0.1) is 0 Å². The van der Waals surface area contributed by atoms with Gasteiger partial charge in [0.15, 0.2) is 0 Å². The van der Waals surface area contributed by atoms with Crippen molar-refractivity contribution in [2.24, 2.45) is 0 Å². The van der Waals surface area contributed by atoms with Gasteiger partial charge in [-0.1, -0.05) is 28.1 Å². The number of carbonyl (C=O) groups is 1. The Balaban J connectivity index is 2.15. The molecule has 0 radical (unpaired) electrons. The van der Waals surface area contributed by atoms with E-state index < -0.39 is 5.97 Å². The van der Waals surface area contributed by atoms with Gasteiger partial charge in [-0.25, -0.2) is 0 Å². The van der Waals surface area contributed by atoms with E-state index in [2.05, 4.69) is 33.8 Å². The van der Waals surface area contributed by atoms with Crippen molar-refractivity contribution < 1.29 is 9.90 Å². The summed E-state index contributed by atoms with van der Waals surface area (Å²) in [7, 11) is 0. The second-order valence-corrected chi connectivity index (χ2v) is 5.44. The number of carboxylic acid groups (broad SMARTS) is 1. The molecule has 92 valence electrons. The smallest absolute Gasteiger partial charge is 0.317 e. The number of hydrogen-bond acceptors (Lipinski definition) is 2. The zero-order valence-electron chi connectivity index (χ0n) is 9.77. The Morgan fingerprint density at radius 2 is 2.29 bits per heavy atom. The van der Waals surface area contributed by atoms with Gasteiger partial charge >= 0.3 is 5.97 Å². The molecule has 1 N–H and O–H groups in total. The van der Waals surface area contributed by atoms with Gasteiger partial charge in [0.25, 0.3) is 0 Å². The molecule has 2 rings (SSSR count). The highest BCUT2D eigenvalue weighted by atomic mass is 79.9. The Kier molecular flexibility index (Phi) is 3.84. The number of benzene rings is 1. The van der Waals surface area contributed by atoms with Crippen LogP contribution in [0.5, 0.6) is 0 Å². The van der Waals surface area contributed by atoms with Crippen LogP contribution >= 0.6 is 15.9 Å². The molecule has 1 aliphatic rings. The molecule has 0 bridgehead atoms. The Morgan fingerprint density at radius 3 is 2.82 bits per heavy atom. The third-order valence-corrected chi connectivity index (χ3v) is 3.66. The Morgan fingerprint density at radius 1 is 1.59 bits per heavy atom. The van der Waals surface area contributed by atoms with Gasteiger partial charge in [0, 0.05) is 16.6 Å². The second kappa shape index (κ2) is 5.19.